The number of benzene rings is 3. The number of rotatable bonds is 6. The van der Waals surface area contributed by atoms with Crippen molar-refractivity contribution in [2.24, 2.45) is 0 Å². The lowest BCUT2D eigenvalue weighted by Gasteiger charge is -2.27. The molecule has 0 spiro atoms. The fourth-order valence-corrected chi connectivity index (χ4v) is 5.45. The molecule has 4 rings (SSSR count). The Balaban J connectivity index is 1.53. The Hall–Kier alpha value is -3.76. The zero-order valence-corrected chi connectivity index (χ0v) is 24.8. The largest absolute Gasteiger partial charge is 0.481 e. The predicted octanol–water partition coefficient (Wildman–Crippen LogP) is 6.13. The Bertz CT molecular complexity index is 1540. The number of hydrogen-bond donors (Lipinski definition) is 2. The molecule has 200 valence electrons. The second-order valence-corrected chi connectivity index (χ2v) is 10.9. The molecular weight excluding hydrogens is 630 g/mol. The molecule has 5 amide bonds. The molecule has 0 aromatic heterocycles. The van der Waals surface area contributed by atoms with Crippen molar-refractivity contribution in [3.63, 3.8) is 0 Å². The minimum atomic E-state index is -0.810. The fraction of sp³-hybridized carbons (Fsp3) is 0.172. The van der Waals surface area contributed by atoms with E-state index in [0.29, 0.717) is 31.6 Å². The van der Waals surface area contributed by atoms with Crippen LogP contribution in [-0.4, -0.2) is 30.4 Å². The van der Waals surface area contributed by atoms with E-state index >= 15 is 0 Å². The number of nitrogens with one attached hydrogen (secondary N) is 2. The lowest BCUT2D eigenvalue weighted by molar-refractivity contribution is -0.122. The van der Waals surface area contributed by atoms with Crippen molar-refractivity contribution >= 4 is 73.1 Å². The van der Waals surface area contributed by atoms with Crippen LogP contribution < -0.4 is 20.3 Å². The first-order chi connectivity index (χ1) is 18.4. The molecule has 2 N–H and O–H groups in total. The highest BCUT2D eigenvalue weighted by atomic mass is 79.9. The highest BCUT2D eigenvalue weighted by molar-refractivity contribution is 9.11. The summed E-state index contributed by atoms with van der Waals surface area (Å²) in [5.41, 5.74) is 5.32. The summed E-state index contributed by atoms with van der Waals surface area (Å²) in [6.07, 6.45) is 1.39. The second kappa shape index (κ2) is 11.5. The molecule has 0 aliphatic carbocycles. The molecule has 0 unspecified atom stereocenters. The van der Waals surface area contributed by atoms with Crippen LogP contribution in [0.15, 0.2) is 63.0 Å². The van der Waals surface area contributed by atoms with Gasteiger partial charge in [0.1, 0.15) is 11.3 Å². The van der Waals surface area contributed by atoms with E-state index < -0.39 is 17.8 Å². The SMILES string of the molecule is Cc1ccc(NC(=O)COc2c(Br)cc(/C=C3/C(=O)NC(=O)N(c4ccc(C)c(C)c4)C3=O)cc2Br)c(C)c1. The van der Waals surface area contributed by atoms with Crippen molar-refractivity contribution in [1.82, 2.24) is 5.32 Å². The van der Waals surface area contributed by atoms with Crippen molar-refractivity contribution in [3.05, 3.63) is 90.9 Å². The molecule has 3 aromatic rings. The molecule has 1 heterocycles. The maximum atomic E-state index is 13.2. The number of anilines is 2. The summed E-state index contributed by atoms with van der Waals surface area (Å²) < 4.78 is 6.73. The Morgan fingerprint density at radius 2 is 1.62 bits per heavy atom. The minimum absolute atomic E-state index is 0.201. The van der Waals surface area contributed by atoms with Gasteiger partial charge in [-0.15, -0.1) is 0 Å². The number of halogens is 2. The monoisotopic (exact) mass is 653 g/mol. The minimum Gasteiger partial charge on any atom is -0.481 e. The molecule has 1 aliphatic rings. The van der Waals surface area contributed by atoms with E-state index in [0.717, 1.165) is 27.2 Å². The number of imide groups is 2. The average Bonchev–Trinajstić information content (AvgIpc) is 2.85. The molecule has 0 bridgehead atoms. The van der Waals surface area contributed by atoms with Gasteiger partial charge in [-0.2, -0.15) is 0 Å². The number of barbiturate groups is 1. The summed E-state index contributed by atoms with van der Waals surface area (Å²) in [6, 6.07) is 13.4. The summed E-state index contributed by atoms with van der Waals surface area (Å²) >= 11 is 6.87. The number of nitrogens with zero attached hydrogens (tertiary/aromatic N) is 1. The molecule has 1 saturated heterocycles. The van der Waals surface area contributed by atoms with Gasteiger partial charge in [0.05, 0.1) is 14.6 Å². The summed E-state index contributed by atoms with van der Waals surface area (Å²) in [6.45, 7) is 7.45. The quantitative estimate of drug-likeness (QED) is 0.246. The molecular formula is C29H25Br2N3O5. The highest BCUT2D eigenvalue weighted by Crippen LogP contribution is 2.36. The number of amides is 5. The van der Waals surface area contributed by atoms with Gasteiger partial charge in [0.25, 0.3) is 17.7 Å². The van der Waals surface area contributed by atoms with Crippen molar-refractivity contribution in [2.45, 2.75) is 27.7 Å². The zero-order valence-electron chi connectivity index (χ0n) is 21.6. The maximum Gasteiger partial charge on any atom is 0.335 e. The van der Waals surface area contributed by atoms with E-state index in [9.17, 15) is 19.2 Å². The summed E-state index contributed by atoms with van der Waals surface area (Å²) in [5, 5.41) is 5.06. The van der Waals surface area contributed by atoms with E-state index in [2.05, 4.69) is 42.5 Å². The van der Waals surface area contributed by atoms with Gasteiger partial charge in [0, 0.05) is 5.69 Å². The van der Waals surface area contributed by atoms with Crippen LogP contribution in [0.5, 0.6) is 5.75 Å². The first-order valence-electron chi connectivity index (χ1n) is 11.9. The normalized spacial score (nSPS) is 14.5. The fourth-order valence-electron chi connectivity index (χ4n) is 4.00. The molecule has 10 heteroatoms. The van der Waals surface area contributed by atoms with Crippen molar-refractivity contribution in [2.75, 3.05) is 16.8 Å². The first-order valence-corrected chi connectivity index (χ1v) is 13.5. The van der Waals surface area contributed by atoms with Crippen molar-refractivity contribution in [3.8, 4) is 5.75 Å². The third kappa shape index (κ3) is 6.29. The van der Waals surface area contributed by atoms with Gasteiger partial charge >= 0.3 is 6.03 Å². The van der Waals surface area contributed by atoms with Crippen LogP contribution in [0.2, 0.25) is 0 Å². The number of hydrogen-bond acceptors (Lipinski definition) is 5. The van der Waals surface area contributed by atoms with Crippen LogP contribution in [0.25, 0.3) is 6.08 Å². The third-order valence-corrected chi connectivity index (χ3v) is 7.36. The molecule has 0 radical (unpaired) electrons. The van der Waals surface area contributed by atoms with Crippen LogP contribution in [-0.2, 0) is 14.4 Å². The van der Waals surface area contributed by atoms with Crippen LogP contribution in [0.3, 0.4) is 0 Å². The molecule has 0 atom stereocenters. The number of carbonyl (C=O) groups excluding carboxylic acids is 4. The lowest BCUT2D eigenvalue weighted by atomic mass is 10.1. The van der Waals surface area contributed by atoms with E-state index in [1.165, 1.54) is 6.08 Å². The van der Waals surface area contributed by atoms with Gasteiger partial charge in [-0.25, -0.2) is 9.69 Å². The van der Waals surface area contributed by atoms with Gasteiger partial charge in [0.2, 0.25) is 0 Å². The standard InChI is InChI=1S/C29H25Br2N3O5/c1-15-5-8-24(18(4)9-15)32-25(35)14-39-26-22(30)12-19(13-23(26)31)11-21-27(36)33-29(38)34(28(21)37)20-7-6-16(2)17(3)10-20/h5-13H,14H2,1-4H3,(H,32,35)(H,33,36,38)/b21-11-. The topological polar surface area (TPSA) is 105 Å². The summed E-state index contributed by atoms with van der Waals surface area (Å²) in [5.74, 6) is -1.48. The van der Waals surface area contributed by atoms with Crippen LogP contribution in [0.1, 0.15) is 27.8 Å². The molecule has 8 nitrogen and oxygen atoms in total. The van der Waals surface area contributed by atoms with Crippen molar-refractivity contribution in [1.29, 1.82) is 0 Å². The second-order valence-electron chi connectivity index (χ2n) is 9.20. The number of urea groups is 1. The van der Waals surface area contributed by atoms with E-state index in [-0.39, 0.29) is 18.1 Å². The number of ether oxygens (including phenoxy) is 1. The Morgan fingerprint density at radius 3 is 2.26 bits per heavy atom. The maximum absolute atomic E-state index is 13.2. The molecule has 1 fully saturated rings. The van der Waals surface area contributed by atoms with Crippen LogP contribution in [0, 0.1) is 27.7 Å². The van der Waals surface area contributed by atoms with Crippen LogP contribution in [0.4, 0.5) is 16.2 Å². The number of carbonyl (C=O) groups is 4. The third-order valence-electron chi connectivity index (χ3n) is 6.19. The summed E-state index contributed by atoms with van der Waals surface area (Å²) in [7, 11) is 0. The zero-order chi connectivity index (χ0) is 28.4. The molecule has 39 heavy (non-hydrogen) atoms. The Morgan fingerprint density at radius 1 is 0.923 bits per heavy atom. The average molecular weight is 655 g/mol. The van der Waals surface area contributed by atoms with E-state index in [4.69, 9.17) is 4.74 Å². The van der Waals surface area contributed by atoms with Gasteiger partial charge in [-0.1, -0.05) is 23.8 Å². The molecule has 1 aliphatic heterocycles. The van der Waals surface area contributed by atoms with Gasteiger partial charge in [-0.3, -0.25) is 19.7 Å². The molecule has 0 saturated carbocycles. The predicted molar refractivity (Wildman–Crippen MR) is 157 cm³/mol. The molecule has 3 aromatic carbocycles. The van der Waals surface area contributed by atoms with E-state index in [1.54, 1.807) is 30.3 Å². The van der Waals surface area contributed by atoms with E-state index in [1.807, 2.05) is 45.9 Å². The smallest absolute Gasteiger partial charge is 0.335 e. The first kappa shape index (κ1) is 28.3. The van der Waals surface area contributed by atoms with Gasteiger partial charge in [-0.05, 0) is 118 Å². The Labute approximate surface area is 242 Å². The van der Waals surface area contributed by atoms with Crippen molar-refractivity contribution < 1.29 is 23.9 Å². The highest BCUT2D eigenvalue weighted by Gasteiger charge is 2.37. The summed E-state index contributed by atoms with van der Waals surface area (Å²) in [4.78, 5) is 51.8. The van der Waals surface area contributed by atoms with Crippen LogP contribution >= 0.6 is 31.9 Å². The number of aryl methyl sites for hydroxylation is 4. The lowest BCUT2D eigenvalue weighted by Crippen LogP contribution is -2.54. The Kier molecular flexibility index (Phi) is 8.36. The van der Waals surface area contributed by atoms with Gasteiger partial charge < -0.3 is 10.1 Å². The van der Waals surface area contributed by atoms with Gasteiger partial charge in [0.15, 0.2) is 6.61 Å².